The molecule has 2 aliphatic rings. The van der Waals surface area contributed by atoms with Crippen molar-refractivity contribution in [3.63, 3.8) is 0 Å². The predicted molar refractivity (Wildman–Crippen MR) is 258 cm³/mol. The molecular weight excluding hydrogens is 767 g/mol. The van der Waals surface area contributed by atoms with Crippen molar-refractivity contribution in [3.8, 4) is 85.0 Å². The number of para-hydroxylation sites is 2. The van der Waals surface area contributed by atoms with Gasteiger partial charge in [0.2, 0.25) is 0 Å². The Morgan fingerprint density at radius 1 is 0.524 bits per heavy atom. The first kappa shape index (κ1) is 36.6. The highest BCUT2D eigenvalue weighted by Crippen LogP contribution is 2.50. The van der Waals surface area contributed by atoms with Gasteiger partial charge in [-0.2, -0.15) is 0 Å². The van der Waals surface area contributed by atoms with E-state index in [9.17, 15) is 0 Å². The van der Waals surface area contributed by atoms with Crippen LogP contribution >= 0.6 is 0 Å². The van der Waals surface area contributed by atoms with Gasteiger partial charge >= 0.3 is 0 Å². The third kappa shape index (κ3) is 6.33. The van der Waals surface area contributed by atoms with Crippen molar-refractivity contribution < 1.29 is 4.42 Å². The number of aromatic nitrogens is 3. The fourth-order valence-corrected chi connectivity index (χ4v) is 9.58. The van der Waals surface area contributed by atoms with E-state index in [-0.39, 0.29) is 0 Å². The second-order valence-corrected chi connectivity index (χ2v) is 16.2. The van der Waals surface area contributed by atoms with E-state index in [0.717, 1.165) is 96.9 Å². The van der Waals surface area contributed by atoms with Crippen molar-refractivity contribution in [3.05, 3.63) is 217 Å². The molecule has 12 rings (SSSR count). The summed E-state index contributed by atoms with van der Waals surface area (Å²) in [6.07, 6.45) is 8.55. The highest BCUT2D eigenvalue weighted by molar-refractivity contribution is 6.06. The molecule has 0 atom stereocenters. The topological polar surface area (TPSA) is 43.9 Å². The van der Waals surface area contributed by atoms with Gasteiger partial charge in [0.25, 0.3) is 0 Å². The molecule has 4 nitrogen and oxygen atoms in total. The quantitative estimate of drug-likeness (QED) is 0.151. The van der Waals surface area contributed by atoms with Crippen molar-refractivity contribution in [1.29, 1.82) is 0 Å². The van der Waals surface area contributed by atoms with Crippen molar-refractivity contribution in [2.24, 2.45) is 0 Å². The molecule has 10 aromatic rings. The van der Waals surface area contributed by atoms with Crippen LogP contribution < -0.4 is 0 Å². The van der Waals surface area contributed by atoms with E-state index in [1.54, 1.807) is 0 Å². The Labute approximate surface area is 366 Å². The predicted octanol–water partition coefficient (Wildman–Crippen LogP) is 14.6. The zero-order chi connectivity index (χ0) is 41.7. The number of hydrogen-bond donors (Lipinski definition) is 0. The molecule has 0 unspecified atom stereocenters. The van der Waals surface area contributed by atoms with E-state index in [0.29, 0.717) is 12.2 Å². The fourth-order valence-electron chi connectivity index (χ4n) is 9.58. The first-order valence-corrected chi connectivity index (χ1v) is 21.6. The van der Waals surface area contributed by atoms with Gasteiger partial charge in [0.15, 0.2) is 5.82 Å². The van der Waals surface area contributed by atoms with Crippen LogP contribution in [0.1, 0.15) is 23.2 Å². The average molecular weight is 806 g/mol. The summed E-state index contributed by atoms with van der Waals surface area (Å²) in [4.78, 5) is 10.5. The first-order valence-electron chi connectivity index (χ1n) is 21.6. The standard InChI is InChI=1S/C59H39N3O/c1-2-8-23-40(22-7-1)49-36-44(52-38-51(42-26-13-5-14-27-42)60-59(61-52)43-28-15-6-16-29-43)37-50(41-24-11-4-12-25-41)56(49)62-53-33-18-17-30-48(53)55-54(62)35-34-47-46-32-19-31-45(57(46)63-58(47)55)39-20-9-3-10-21-39/h1,3-7,9-22,24-33,36-38H,23,34-35H2. The second-order valence-electron chi connectivity index (χ2n) is 16.2. The average Bonchev–Trinajstić information content (AvgIpc) is 3.77. The number of furan rings is 1. The fraction of sp³-hybridized carbons (Fsp3) is 0.0508. The van der Waals surface area contributed by atoms with E-state index >= 15 is 0 Å². The number of allylic oxidation sites excluding steroid dienone is 4. The third-order valence-corrected chi connectivity index (χ3v) is 12.5. The van der Waals surface area contributed by atoms with Gasteiger partial charge in [-0.15, -0.1) is 0 Å². The molecule has 4 heteroatoms. The summed E-state index contributed by atoms with van der Waals surface area (Å²) >= 11 is 0. The minimum absolute atomic E-state index is 0.601. The van der Waals surface area contributed by atoms with Crippen molar-refractivity contribution >= 4 is 27.4 Å². The van der Waals surface area contributed by atoms with E-state index in [2.05, 4.69) is 186 Å². The zero-order valence-corrected chi connectivity index (χ0v) is 34.4. The summed E-state index contributed by atoms with van der Waals surface area (Å²) in [5.74, 6) is 8.33. The molecule has 7 aromatic carbocycles. The minimum atomic E-state index is 0.601. The number of rotatable bonds is 7. The van der Waals surface area contributed by atoms with Crippen LogP contribution in [-0.2, 0) is 12.8 Å². The maximum Gasteiger partial charge on any atom is 0.160 e. The van der Waals surface area contributed by atoms with E-state index < -0.39 is 0 Å². The third-order valence-electron chi connectivity index (χ3n) is 12.5. The molecule has 3 heterocycles. The van der Waals surface area contributed by atoms with Gasteiger partial charge in [-0.3, -0.25) is 0 Å². The molecule has 0 saturated heterocycles. The molecule has 63 heavy (non-hydrogen) atoms. The molecule has 0 saturated carbocycles. The Balaban J connectivity index is 1.15. The molecule has 0 fully saturated rings. The normalized spacial score (nSPS) is 12.9. The zero-order valence-electron chi connectivity index (χ0n) is 34.4. The Hall–Kier alpha value is -8.26. The van der Waals surface area contributed by atoms with Crippen LogP contribution in [-0.4, -0.2) is 14.5 Å². The number of hydrogen-bond acceptors (Lipinski definition) is 3. The number of nitrogens with zero attached hydrogens (tertiary/aromatic N) is 3. The number of aryl methyl sites for hydroxylation is 1. The van der Waals surface area contributed by atoms with E-state index in [4.69, 9.17) is 14.4 Å². The first-order chi connectivity index (χ1) is 31.3. The molecule has 3 aromatic heterocycles. The molecular formula is C59H39N3O. The van der Waals surface area contributed by atoms with Gasteiger partial charge in [0, 0.05) is 67.4 Å². The van der Waals surface area contributed by atoms with Gasteiger partial charge in [-0.1, -0.05) is 182 Å². The van der Waals surface area contributed by atoms with Crippen LogP contribution in [0.4, 0.5) is 0 Å². The van der Waals surface area contributed by atoms with Crippen LogP contribution in [0.2, 0.25) is 0 Å². The van der Waals surface area contributed by atoms with Gasteiger partial charge in [-0.05, 0) is 59.9 Å². The van der Waals surface area contributed by atoms with Gasteiger partial charge in [0.05, 0.1) is 22.6 Å². The summed E-state index contributed by atoms with van der Waals surface area (Å²) < 4.78 is 9.68. The van der Waals surface area contributed by atoms with Crippen LogP contribution in [0.15, 0.2) is 205 Å². The molecule has 0 amide bonds. The minimum Gasteiger partial charge on any atom is -0.455 e. The molecule has 296 valence electrons. The van der Waals surface area contributed by atoms with Gasteiger partial charge in [-0.25, -0.2) is 9.97 Å². The highest BCUT2D eigenvalue weighted by atomic mass is 16.3. The Morgan fingerprint density at radius 2 is 1.14 bits per heavy atom. The van der Waals surface area contributed by atoms with Gasteiger partial charge < -0.3 is 8.98 Å². The largest absolute Gasteiger partial charge is 0.455 e. The Kier molecular flexibility index (Phi) is 8.90. The maximum absolute atomic E-state index is 7.14. The molecule has 0 bridgehead atoms. The summed E-state index contributed by atoms with van der Waals surface area (Å²) in [5, 5.41) is 2.36. The van der Waals surface area contributed by atoms with Crippen LogP contribution in [0.25, 0.3) is 101 Å². The van der Waals surface area contributed by atoms with Crippen molar-refractivity contribution in [1.82, 2.24) is 14.5 Å². The van der Waals surface area contributed by atoms with E-state index in [1.807, 2.05) is 30.3 Å². The molecule has 2 aliphatic carbocycles. The monoisotopic (exact) mass is 805 g/mol. The lowest BCUT2D eigenvalue weighted by Crippen LogP contribution is -2.10. The van der Waals surface area contributed by atoms with Crippen LogP contribution in [0.5, 0.6) is 0 Å². The summed E-state index contributed by atoms with van der Waals surface area (Å²) in [7, 11) is 0. The number of fused-ring (bicyclic) bond motifs is 7. The molecule has 0 radical (unpaired) electrons. The molecule has 0 aliphatic heterocycles. The highest BCUT2D eigenvalue weighted by Gasteiger charge is 2.32. The second kappa shape index (κ2) is 15.3. The maximum atomic E-state index is 7.14. The smallest absolute Gasteiger partial charge is 0.160 e. The summed E-state index contributed by atoms with van der Waals surface area (Å²) in [6.45, 7) is 0. The summed E-state index contributed by atoms with van der Waals surface area (Å²) in [6, 6.07) is 64.2. The summed E-state index contributed by atoms with van der Waals surface area (Å²) in [5.41, 5.74) is 18.4. The van der Waals surface area contributed by atoms with Gasteiger partial charge in [0.1, 0.15) is 11.3 Å². The lowest BCUT2D eigenvalue weighted by Gasteiger charge is -2.24. The van der Waals surface area contributed by atoms with Crippen LogP contribution in [0, 0.1) is 11.8 Å². The lowest BCUT2D eigenvalue weighted by atomic mass is 9.89. The molecule has 0 spiro atoms. The molecule has 0 N–H and O–H groups in total. The Morgan fingerprint density at radius 3 is 1.89 bits per heavy atom. The van der Waals surface area contributed by atoms with Crippen molar-refractivity contribution in [2.75, 3.05) is 0 Å². The number of benzene rings is 7. The lowest BCUT2D eigenvalue weighted by molar-refractivity contribution is 0.621. The van der Waals surface area contributed by atoms with E-state index in [1.165, 1.54) is 27.6 Å². The SMILES string of the molecule is C1#CCC(c2cc(-c3cc(-c4ccccc4)nc(-c4ccccc4)n3)cc(-c3ccccc3)c2-n2c3c(c4ccccc42)-c2oc4c(-c5ccccc5)cccc4c2CC3)=CC=C1. The van der Waals surface area contributed by atoms with Crippen molar-refractivity contribution in [2.45, 2.75) is 19.3 Å². The Bertz CT molecular complexity index is 3450. The van der Waals surface area contributed by atoms with Crippen LogP contribution in [0.3, 0.4) is 0 Å².